The number of hydrogen-bond donors (Lipinski definition) is 1. The number of esters is 1. The minimum atomic E-state index is -0.484. The van der Waals surface area contributed by atoms with E-state index in [0.717, 1.165) is 0 Å². The number of non-ortho nitro benzene ring substituents is 1. The van der Waals surface area contributed by atoms with Gasteiger partial charge in [-0.15, -0.1) is 11.3 Å². The number of ether oxygens (including phenoxy) is 1. The molecule has 0 atom stereocenters. The quantitative estimate of drug-likeness (QED) is 0.371. The van der Waals surface area contributed by atoms with Gasteiger partial charge in [-0.1, -0.05) is 0 Å². The third-order valence-corrected chi connectivity index (χ3v) is 4.86. The number of nitro benzene ring substituents is 1. The lowest BCUT2D eigenvalue weighted by Crippen LogP contribution is -2.05. The molecule has 0 saturated carbocycles. The lowest BCUT2D eigenvalue weighted by molar-refractivity contribution is -0.384. The minimum Gasteiger partial charge on any atom is -0.462 e. The molecule has 0 aliphatic heterocycles. The van der Waals surface area contributed by atoms with Crippen LogP contribution in [0.5, 0.6) is 0 Å². The molecule has 2 aromatic heterocycles. The molecule has 128 valence electrons. The third-order valence-electron chi connectivity index (χ3n) is 3.28. The van der Waals surface area contributed by atoms with Crippen LogP contribution >= 0.6 is 27.3 Å². The molecule has 0 aliphatic rings. The molecule has 0 fully saturated rings. The Labute approximate surface area is 154 Å². The number of fused-ring (bicyclic) bond motifs is 1. The highest BCUT2D eigenvalue weighted by Crippen LogP contribution is 2.34. The van der Waals surface area contributed by atoms with Gasteiger partial charge in [-0.25, -0.2) is 14.8 Å². The van der Waals surface area contributed by atoms with Crippen LogP contribution in [0.4, 0.5) is 17.2 Å². The van der Waals surface area contributed by atoms with Gasteiger partial charge < -0.3 is 10.1 Å². The Bertz CT molecular complexity index is 975. The van der Waals surface area contributed by atoms with Gasteiger partial charge in [0, 0.05) is 22.0 Å². The summed E-state index contributed by atoms with van der Waals surface area (Å²) < 4.78 is 5.68. The summed E-state index contributed by atoms with van der Waals surface area (Å²) in [5.41, 5.74) is 0.744. The van der Waals surface area contributed by atoms with Gasteiger partial charge in [0.25, 0.3) is 5.69 Å². The Kier molecular flexibility index (Phi) is 4.91. The van der Waals surface area contributed by atoms with E-state index in [-0.39, 0.29) is 12.3 Å². The average molecular weight is 423 g/mol. The number of benzene rings is 1. The molecule has 10 heteroatoms. The normalized spacial score (nSPS) is 10.6. The van der Waals surface area contributed by atoms with E-state index in [0.29, 0.717) is 31.8 Å². The number of nitro groups is 1. The predicted molar refractivity (Wildman–Crippen MR) is 97.5 cm³/mol. The van der Waals surface area contributed by atoms with Crippen LogP contribution < -0.4 is 5.32 Å². The SMILES string of the molecule is CCOC(=O)c1csc2ncnc(Nc3cc([N+](=O)[O-])ccc3Br)c12. The Balaban J connectivity index is 2.08. The lowest BCUT2D eigenvalue weighted by atomic mass is 10.2. The van der Waals surface area contributed by atoms with E-state index in [1.165, 1.54) is 29.8 Å². The fraction of sp³-hybridized carbons (Fsp3) is 0.133. The molecule has 2 heterocycles. The van der Waals surface area contributed by atoms with Crippen molar-refractivity contribution in [1.29, 1.82) is 0 Å². The van der Waals surface area contributed by atoms with Crippen LogP contribution in [0.15, 0.2) is 34.4 Å². The first kappa shape index (κ1) is 17.2. The molecular weight excluding hydrogens is 412 g/mol. The zero-order chi connectivity index (χ0) is 18.0. The largest absolute Gasteiger partial charge is 0.462 e. The molecule has 3 rings (SSSR count). The van der Waals surface area contributed by atoms with Crippen LogP contribution in [0.3, 0.4) is 0 Å². The summed E-state index contributed by atoms with van der Waals surface area (Å²) in [6.45, 7) is 1.98. The molecule has 0 radical (unpaired) electrons. The maximum absolute atomic E-state index is 12.1. The van der Waals surface area contributed by atoms with Crippen LogP contribution in [0.25, 0.3) is 10.2 Å². The van der Waals surface area contributed by atoms with Crippen molar-refractivity contribution in [2.24, 2.45) is 0 Å². The van der Waals surface area contributed by atoms with Crippen molar-refractivity contribution in [2.45, 2.75) is 6.92 Å². The summed E-state index contributed by atoms with van der Waals surface area (Å²) in [5.74, 6) is -0.0970. The van der Waals surface area contributed by atoms with Gasteiger partial charge in [0.05, 0.1) is 28.2 Å². The summed E-state index contributed by atoms with van der Waals surface area (Å²) in [4.78, 5) is 31.6. The first-order valence-electron chi connectivity index (χ1n) is 7.11. The zero-order valence-electron chi connectivity index (χ0n) is 12.9. The molecule has 0 amide bonds. The van der Waals surface area contributed by atoms with Crippen LogP contribution in [0, 0.1) is 10.1 Å². The predicted octanol–water partition coefficient (Wildman–Crippen LogP) is 4.28. The molecule has 0 spiro atoms. The number of nitrogens with zero attached hydrogens (tertiary/aromatic N) is 3. The van der Waals surface area contributed by atoms with Gasteiger partial charge in [0.15, 0.2) is 0 Å². The van der Waals surface area contributed by atoms with Crippen LogP contribution in [-0.2, 0) is 4.74 Å². The van der Waals surface area contributed by atoms with Crippen molar-refractivity contribution < 1.29 is 14.5 Å². The molecule has 0 saturated heterocycles. The highest BCUT2D eigenvalue weighted by molar-refractivity contribution is 9.10. The van der Waals surface area contributed by atoms with Crippen LogP contribution in [-0.4, -0.2) is 27.5 Å². The summed E-state index contributed by atoms with van der Waals surface area (Å²) in [7, 11) is 0. The van der Waals surface area contributed by atoms with Crippen LogP contribution in [0.2, 0.25) is 0 Å². The summed E-state index contributed by atoms with van der Waals surface area (Å²) >= 11 is 4.64. The topological polar surface area (TPSA) is 107 Å². The number of halogens is 1. The fourth-order valence-electron chi connectivity index (χ4n) is 2.18. The van der Waals surface area contributed by atoms with Crippen molar-refractivity contribution in [3.8, 4) is 0 Å². The van der Waals surface area contributed by atoms with Gasteiger partial charge in [0.1, 0.15) is 17.0 Å². The maximum atomic E-state index is 12.1. The summed E-state index contributed by atoms with van der Waals surface area (Å²) in [5, 5.41) is 16.2. The number of hydrogen-bond acceptors (Lipinski definition) is 8. The second kappa shape index (κ2) is 7.11. The van der Waals surface area contributed by atoms with Gasteiger partial charge >= 0.3 is 5.97 Å². The first-order valence-corrected chi connectivity index (χ1v) is 8.78. The lowest BCUT2D eigenvalue weighted by Gasteiger charge is -2.09. The average Bonchev–Trinajstić information content (AvgIpc) is 3.02. The molecule has 0 bridgehead atoms. The standard InChI is InChI=1S/C15H11BrN4O4S/c1-2-24-15(21)9-6-25-14-12(9)13(17-7-18-14)19-11-5-8(20(22)23)3-4-10(11)16/h3-7H,2H2,1H3,(H,17,18,19). The number of carbonyl (C=O) groups excluding carboxylic acids is 1. The van der Waals surface area contributed by atoms with E-state index in [1.807, 2.05) is 0 Å². The second-order valence-electron chi connectivity index (χ2n) is 4.82. The molecule has 1 N–H and O–H groups in total. The Morgan fingerprint density at radius 2 is 2.24 bits per heavy atom. The summed E-state index contributed by atoms with van der Waals surface area (Å²) in [6.07, 6.45) is 1.36. The molecule has 0 aliphatic carbocycles. The summed E-state index contributed by atoms with van der Waals surface area (Å²) in [6, 6.07) is 4.34. The van der Waals surface area contributed by atoms with E-state index < -0.39 is 10.9 Å². The van der Waals surface area contributed by atoms with Crippen molar-refractivity contribution >= 4 is 60.6 Å². The van der Waals surface area contributed by atoms with Crippen molar-refractivity contribution in [1.82, 2.24) is 9.97 Å². The van der Waals surface area contributed by atoms with Crippen molar-refractivity contribution in [3.63, 3.8) is 0 Å². The van der Waals surface area contributed by atoms with E-state index >= 15 is 0 Å². The smallest absolute Gasteiger partial charge is 0.339 e. The molecule has 0 unspecified atom stereocenters. The number of rotatable bonds is 5. The van der Waals surface area contributed by atoms with Gasteiger partial charge in [0.2, 0.25) is 0 Å². The Morgan fingerprint density at radius 1 is 1.44 bits per heavy atom. The van der Waals surface area contributed by atoms with Gasteiger partial charge in [-0.2, -0.15) is 0 Å². The number of anilines is 2. The van der Waals surface area contributed by atoms with E-state index in [4.69, 9.17) is 4.74 Å². The van der Waals surface area contributed by atoms with E-state index in [9.17, 15) is 14.9 Å². The van der Waals surface area contributed by atoms with Crippen LogP contribution in [0.1, 0.15) is 17.3 Å². The molecule has 25 heavy (non-hydrogen) atoms. The third kappa shape index (κ3) is 3.44. The Hall–Kier alpha value is -2.59. The molecule has 1 aromatic carbocycles. The molecule has 3 aromatic rings. The maximum Gasteiger partial charge on any atom is 0.339 e. The highest BCUT2D eigenvalue weighted by Gasteiger charge is 2.19. The fourth-order valence-corrected chi connectivity index (χ4v) is 3.40. The number of carbonyl (C=O) groups is 1. The van der Waals surface area contributed by atoms with Gasteiger partial charge in [-0.3, -0.25) is 10.1 Å². The minimum absolute atomic E-state index is 0.0630. The Morgan fingerprint density at radius 3 is 2.96 bits per heavy atom. The number of thiophene rings is 1. The first-order chi connectivity index (χ1) is 12.0. The van der Waals surface area contributed by atoms with Crippen molar-refractivity contribution in [3.05, 3.63) is 50.1 Å². The number of aromatic nitrogens is 2. The van der Waals surface area contributed by atoms with Crippen molar-refractivity contribution in [2.75, 3.05) is 11.9 Å². The van der Waals surface area contributed by atoms with Gasteiger partial charge in [-0.05, 0) is 28.9 Å². The van der Waals surface area contributed by atoms with E-state index in [1.54, 1.807) is 18.4 Å². The molecule has 8 nitrogen and oxygen atoms in total. The second-order valence-corrected chi connectivity index (χ2v) is 6.53. The van der Waals surface area contributed by atoms with E-state index in [2.05, 4.69) is 31.2 Å². The molecular formula is C15H11BrN4O4S. The highest BCUT2D eigenvalue weighted by atomic mass is 79.9. The number of nitrogens with one attached hydrogen (secondary N) is 1. The zero-order valence-corrected chi connectivity index (χ0v) is 15.3. The monoisotopic (exact) mass is 422 g/mol.